The van der Waals surface area contributed by atoms with Crippen molar-refractivity contribution in [2.45, 2.75) is 38.4 Å². The van der Waals surface area contributed by atoms with Gasteiger partial charge >= 0.3 is 6.09 Å². The van der Waals surface area contributed by atoms with Crippen molar-refractivity contribution in [1.29, 1.82) is 0 Å². The number of unbranched alkanes of at least 4 members (excludes halogenated alkanes) is 1. The zero-order valence-corrected chi connectivity index (χ0v) is 15.1. The van der Waals surface area contributed by atoms with Crippen molar-refractivity contribution >= 4 is 34.7 Å². The Morgan fingerprint density at radius 2 is 2.04 bits per heavy atom. The molecule has 0 spiro atoms. The predicted octanol–water partition coefficient (Wildman–Crippen LogP) is 2.56. The number of thioether (sulfide) groups is 1. The maximum absolute atomic E-state index is 12.7. The Balaban J connectivity index is 2.22. The SMILES string of the molecule is CCCCn1c(SCC(=O)NC(=O)OCC)nc2ccccc2c1=O. The van der Waals surface area contributed by atoms with Gasteiger partial charge in [0.1, 0.15) is 0 Å². The molecule has 0 atom stereocenters. The van der Waals surface area contributed by atoms with Gasteiger partial charge in [-0.3, -0.25) is 19.5 Å². The molecule has 1 N–H and O–H groups in total. The molecule has 7 nitrogen and oxygen atoms in total. The van der Waals surface area contributed by atoms with Crippen molar-refractivity contribution in [1.82, 2.24) is 14.9 Å². The second-order valence-corrected chi connectivity index (χ2v) is 6.22. The lowest BCUT2D eigenvalue weighted by atomic mass is 10.2. The lowest BCUT2D eigenvalue weighted by Gasteiger charge is -2.12. The molecule has 2 amide bonds. The number of rotatable bonds is 7. The maximum atomic E-state index is 12.7. The zero-order valence-electron chi connectivity index (χ0n) is 14.3. The molecule has 1 aromatic heterocycles. The second kappa shape index (κ2) is 9.22. The topological polar surface area (TPSA) is 90.3 Å². The van der Waals surface area contributed by atoms with E-state index >= 15 is 0 Å². The van der Waals surface area contributed by atoms with Crippen molar-refractivity contribution in [3.05, 3.63) is 34.6 Å². The molecule has 0 aliphatic heterocycles. The number of amides is 2. The normalized spacial score (nSPS) is 10.6. The monoisotopic (exact) mass is 363 g/mol. The molecule has 134 valence electrons. The molecule has 25 heavy (non-hydrogen) atoms. The van der Waals surface area contributed by atoms with Gasteiger partial charge in [0.05, 0.1) is 23.3 Å². The Labute approximate surface area is 149 Å². The Morgan fingerprint density at radius 1 is 1.28 bits per heavy atom. The van der Waals surface area contributed by atoms with Crippen LogP contribution in [0, 0.1) is 0 Å². The number of fused-ring (bicyclic) bond motifs is 1. The number of hydrogen-bond acceptors (Lipinski definition) is 6. The smallest absolute Gasteiger partial charge is 0.413 e. The number of imide groups is 1. The van der Waals surface area contributed by atoms with Crippen LogP contribution in [0.2, 0.25) is 0 Å². The first-order valence-corrected chi connectivity index (χ1v) is 9.14. The van der Waals surface area contributed by atoms with Crippen LogP contribution in [0.5, 0.6) is 0 Å². The summed E-state index contributed by atoms with van der Waals surface area (Å²) in [5, 5.41) is 3.15. The first-order chi connectivity index (χ1) is 12.1. The minimum atomic E-state index is -0.775. The first-order valence-electron chi connectivity index (χ1n) is 8.15. The van der Waals surface area contributed by atoms with E-state index in [1.165, 1.54) is 0 Å². The predicted molar refractivity (Wildman–Crippen MR) is 96.8 cm³/mol. The van der Waals surface area contributed by atoms with E-state index in [2.05, 4.69) is 15.0 Å². The molecule has 2 rings (SSSR count). The van der Waals surface area contributed by atoms with Crippen LogP contribution >= 0.6 is 11.8 Å². The van der Waals surface area contributed by atoms with Gasteiger partial charge in [0.15, 0.2) is 5.16 Å². The number of aromatic nitrogens is 2. The molecule has 0 aliphatic carbocycles. The second-order valence-electron chi connectivity index (χ2n) is 5.28. The number of para-hydroxylation sites is 1. The largest absolute Gasteiger partial charge is 0.450 e. The molecular weight excluding hydrogens is 342 g/mol. The van der Waals surface area contributed by atoms with Gasteiger partial charge in [-0.2, -0.15) is 0 Å². The van der Waals surface area contributed by atoms with Gasteiger partial charge in [0.2, 0.25) is 5.91 Å². The fourth-order valence-corrected chi connectivity index (χ4v) is 3.04. The highest BCUT2D eigenvalue weighted by molar-refractivity contribution is 7.99. The van der Waals surface area contributed by atoms with Crippen LogP contribution in [-0.2, 0) is 16.1 Å². The third kappa shape index (κ3) is 5.06. The van der Waals surface area contributed by atoms with Crippen LogP contribution in [0.25, 0.3) is 10.9 Å². The summed E-state index contributed by atoms with van der Waals surface area (Å²) in [7, 11) is 0. The van der Waals surface area contributed by atoms with Crippen LogP contribution < -0.4 is 10.9 Å². The fourth-order valence-electron chi connectivity index (χ4n) is 2.22. The number of nitrogens with one attached hydrogen (secondary N) is 1. The summed E-state index contributed by atoms with van der Waals surface area (Å²) < 4.78 is 6.26. The number of ether oxygens (including phenoxy) is 1. The molecule has 0 saturated heterocycles. The van der Waals surface area contributed by atoms with Crippen molar-refractivity contribution in [2.24, 2.45) is 0 Å². The lowest BCUT2D eigenvalue weighted by Crippen LogP contribution is -2.32. The Morgan fingerprint density at radius 3 is 2.76 bits per heavy atom. The van der Waals surface area contributed by atoms with Crippen LogP contribution in [0.4, 0.5) is 4.79 Å². The Kier molecular flexibility index (Phi) is 7.00. The van der Waals surface area contributed by atoms with Gasteiger partial charge < -0.3 is 4.74 Å². The summed E-state index contributed by atoms with van der Waals surface area (Å²) in [6.07, 6.45) is 0.998. The molecule has 8 heteroatoms. The van der Waals surface area contributed by atoms with Crippen molar-refractivity contribution in [3.63, 3.8) is 0 Å². The fraction of sp³-hybridized carbons (Fsp3) is 0.412. The van der Waals surface area contributed by atoms with Gasteiger partial charge in [-0.15, -0.1) is 0 Å². The molecule has 0 unspecified atom stereocenters. The highest BCUT2D eigenvalue weighted by Gasteiger charge is 2.14. The molecule has 1 aromatic carbocycles. The van der Waals surface area contributed by atoms with E-state index in [-0.39, 0.29) is 17.9 Å². The zero-order chi connectivity index (χ0) is 18.2. The first kappa shape index (κ1) is 19.0. The van der Waals surface area contributed by atoms with Gasteiger partial charge in [-0.1, -0.05) is 37.2 Å². The number of alkyl carbamates (subject to hydrolysis) is 1. The minimum Gasteiger partial charge on any atom is -0.450 e. The van der Waals surface area contributed by atoms with E-state index in [0.717, 1.165) is 24.6 Å². The standard InChI is InChI=1S/C17H21N3O4S/c1-3-5-10-20-15(22)12-8-6-7-9-13(12)18-16(20)25-11-14(21)19-17(23)24-4-2/h6-9H,3-5,10-11H2,1-2H3,(H,19,21,23). The molecule has 1 heterocycles. The molecule has 0 radical (unpaired) electrons. The van der Waals surface area contributed by atoms with Gasteiger partial charge in [0.25, 0.3) is 5.56 Å². The molecule has 0 bridgehead atoms. The summed E-state index contributed by atoms with van der Waals surface area (Å²) in [6, 6.07) is 7.13. The molecule has 0 aliphatic rings. The summed E-state index contributed by atoms with van der Waals surface area (Å²) >= 11 is 1.13. The van der Waals surface area contributed by atoms with Crippen LogP contribution in [-0.4, -0.2) is 33.9 Å². The molecule has 0 saturated carbocycles. The van der Waals surface area contributed by atoms with Crippen molar-refractivity contribution in [2.75, 3.05) is 12.4 Å². The van der Waals surface area contributed by atoms with E-state index in [1.807, 2.05) is 13.0 Å². The van der Waals surface area contributed by atoms with Gasteiger partial charge in [0, 0.05) is 6.54 Å². The Bertz CT molecular complexity index is 819. The number of benzene rings is 1. The highest BCUT2D eigenvalue weighted by Crippen LogP contribution is 2.18. The Hall–Kier alpha value is -2.35. The summed E-state index contributed by atoms with van der Waals surface area (Å²) in [5.74, 6) is -0.525. The van der Waals surface area contributed by atoms with Crippen LogP contribution in [0.15, 0.2) is 34.2 Å². The van der Waals surface area contributed by atoms with Crippen LogP contribution in [0.1, 0.15) is 26.7 Å². The van der Waals surface area contributed by atoms with Gasteiger partial charge in [-0.05, 0) is 25.5 Å². The molecule has 2 aromatic rings. The van der Waals surface area contributed by atoms with E-state index in [4.69, 9.17) is 0 Å². The quantitative estimate of drug-likeness (QED) is 0.601. The number of hydrogen-bond donors (Lipinski definition) is 1. The molecular formula is C17H21N3O4S. The molecule has 0 fully saturated rings. The summed E-state index contributed by atoms with van der Waals surface area (Å²) in [5.41, 5.74) is 0.473. The number of carbonyl (C=O) groups excluding carboxylic acids is 2. The van der Waals surface area contributed by atoms with Crippen LogP contribution in [0.3, 0.4) is 0 Å². The van der Waals surface area contributed by atoms with E-state index in [0.29, 0.717) is 22.6 Å². The lowest BCUT2D eigenvalue weighted by molar-refractivity contribution is -0.117. The number of nitrogens with zero attached hydrogens (tertiary/aromatic N) is 2. The maximum Gasteiger partial charge on any atom is 0.413 e. The number of carbonyl (C=O) groups is 2. The van der Waals surface area contributed by atoms with E-state index < -0.39 is 12.0 Å². The van der Waals surface area contributed by atoms with E-state index in [1.54, 1.807) is 29.7 Å². The average molecular weight is 363 g/mol. The third-order valence-electron chi connectivity index (χ3n) is 3.41. The minimum absolute atomic E-state index is 0.0320. The van der Waals surface area contributed by atoms with Crippen molar-refractivity contribution < 1.29 is 14.3 Å². The summed E-state index contributed by atoms with van der Waals surface area (Å²) in [6.45, 7) is 4.42. The average Bonchev–Trinajstić information content (AvgIpc) is 2.59. The van der Waals surface area contributed by atoms with E-state index in [9.17, 15) is 14.4 Å². The van der Waals surface area contributed by atoms with Crippen molar-refractivity contribution in [3.8, 4) is 0 Å². The van der Waals surface area contributed by atoms with Gasteiger partial charge in [-0.25, -0.2) is 9.78 Å². The highest BCUT2D eigenvalue weighted by atomic mass is 32.2. The summed E-state index contributed by atoms with van der Waals surface area (Å²) in [4.78, 5) is 40.3. The third-order valence-corrected chi connectivity index (χ3v) is 4.39.